The van der Waals surface area contributed by atoms with Gasteiger partial charge in [-0.3, -0.25) is 4.79 Å². The van der Waals surface area contributed by atoms with Crippen molar-refractivity contribution in [2.75, 3.05) is 49.1 Å². The molecule has 0 unspecified atom stereocenters. The number of carbonyl (C=O) groups excluding carboxylic acids is 1. The van der Waals surface area contributed by atoms with Gasteiger partial charge in [0.1, 0.15) is 5.82 Å². The molecule has 0 atom stereocenters. The summed E-state index contributed by atoms with van der Waals surface area (Å²) >= 11 is 0. The first kappa shape index (κ1) is 19.5. The van der Waals surface area contributed by atoms with Crippen LogP contribution in [0.15, 0.2) is 47.0 Å². The number of amides is 1. The van der Waals surface area contributed by atoms with Crippen LogP contribution in [0.5, 0.6) is 0 Å². The first-order chi connectivity index (χ1) is 15.2. The third kappa shape index (κ3) is 4.10. The van der Waals surface area contributed by atoms with E-state index in [4.69, 9.17) is 9.51 Å². The van der Waals surface area contributed by atoms with Gasteiger partial charge in [-0.1, -0.05) is 35.5 Å². The molecular weight excluding hydrogens is 392 g/mol. The van der Waals surface area contributed by atoms with Gasteiger partial charge >= 0.3 is 0 Å². The van der Waals surface area contributed by atoms with E-state index in [0.29, 0.717) is 24.5 Å². The van der Waals surface area contributed by atoms with Gasteiger partial charge in [-0.25, -0.2) is 4.98 Å². The van der Waals surface area contributed by atoms with Crippen molar-refractivity contribution in [3.05, 3.63) is 53.9 Å². The number of piperazine rings is 1. The normalized spacial score (nSPS) is 16.7. The lowest BCUT2D eigenvalue weighted by molar-refractivity contribution is 0.0736. The van der Waals surface area contributed by atoms with Crippen LogP contribution < -0.4 is 9.80 Å². The highest BCUT2D eigenvalue weighted by atomic mass is 16.5. The molecule has 0 N–H and O–H groups in total. The number of nitrogens with zero attached hydrogens (tertiary/aromatic N) is 6. The van der Waals surface area contributed by atoms with Crippen molar-refractivity contribution in [2.45, 2.75) is 19.8 Å². The van der Waals surface area contributed by atoms with Crippen LogP contribution in [-0.2, 0) is 0 Å². The molecule has 1 amide bonds. The smallest absolute Gasteiger partial charge is 0.276 e. The molecule has 0 saturated carbocycles. The Morgan fingerprint density at radius 3 is 2.39 bits per heavy atom. The van der Waals surface area contributed by atoms with Crippen LogP contribution in [0.4, 0.5) is 11.8 Å². The van der Waals surface area contributed by atoms with Crippen molar-refractivity contribution >= 4 is 17.7 Å². The van der Waals surface area contributed by atoms with Crippen LogP contribution in [0.3, 0.4) is 0 Å². The van der Waals surface area contributed by atoms with Crippen LogP contribution in [0.25, 0.3) is 11.3 Å². The van der Waals surface area contributed by atoms with Gasteiger partial charge in [0.05, 0.1) is 0 Å². The van der Waals surface area contributed by atoms with Crippen LogP contribution in [0.1, 0.15) is 29.0 Å². The highest BCUT2D eigenvalue weighted by molar-refractivity contribution is 5.93. The van der Waals surface area contributed by atoms with Crippen molar-refractivity contribution in [1.29, 1.82) is 0 Å². The Labute approximate surface area is 181 Å². The number of carbonyl (C=O) groups is 1. The van der Waals surface area contributed by atoms with Crippen LogP contribution in [0, 0.1) is 6.92 Å². The summed E-state index contributed by atoms with van der Waals surface area (Å²) in [6.07, 6.45) is 2.39. The molecule has 2 fully saturated rings. The van der Waals surface area contributed by atoms with Gasteiger partial charge in [0.25, 0.3) is 5.91 Å². The molecule has 31 heavy (non-hydrogen) atoms. The summed E-state index contributed by atoms with van der Waals surface area (Å²) in [5.41, 5.74) is 2.23. The van der Waals surface area contributed by atoms with E-state index in [1.54, 1.807) is 6.07 Å². The Morgan fingerprint density at radius 1 is 0.903 bits per heavy atom. The molecule has 0 aliphatic carbocycles. The summed E-state index contributed by atoms with van der Waals surface area (Å²) in [4.78, 5) is 28.7. The molecule has 8 nitrogen and oxygen atoms in total. The zero-order chi connectivity index (χ0) is 21.2. The molecule has 2 aliphatic heterocycles. The predicted molar refractivity (Wildman–Crippen MR) is 118 cm³/mol. The van der Waals surface area contributed by atoms with Crippen molar-refractivity contribution in [2.24, 2.45) is 0 Å². The summed E-state index contributed by atoms with van der Waals surface area (Å²) in [5.74, 6) is 2.27. The molecule has 2 aliphatic rings. The third-order valence-electron chi connectivity index (χ3n) is 5.90. The first-order valence-electron chi connectivity index (χ1n) is 10.8. The lowest BCUT2D eigenvalue weighted by Crippen LogP contribution is -2.49. The second-order valence-electron chi connectivity index (χ2n) is 8.08. The maximum atomic E-state index is 12.9. The Balaban J connectivity index is 1.25. The molecule has 8 heteroatoms. The zero-order valence-corrected chi connectivity index (χ0v) is 17.7. The predicted octanol–water partition coefficient (Wildman–Crippen LogP) is 3.00. The molecule has 2 aromatic heterocycles. The Kier molecular flexibility index (Phi) is 5.28. The molecule has 160 valence electrons. The molecule has 4 heterocycles. The standard InChI is InChI=1S/C23H26N6O2/c1-17-15-21(25-23(24-17)29-9-5-6-10-29)27-11-13-28(14-12-27)22(30)19-16-20(31-26-19)18-7-3-2-4-8-18/h2-4,7-8,15-16H,5-6,9-14H2,1H3. The molecule has 0 spiro atoms. The minimum Gasteiger partial charge on any atom is -0.355 e. The Bertz CT molecular complexity index is 1050. The Hall–Kier alpha value is -3.42. The summed E-state index contributed by atoms with van der Waals surface area (Å²) in [5, 5.41) is 4.01. The van der Waals surface area contributed by atoms with E-state index in [-0.39, 0.29) is 5.91 Å². The van der Waals surface area contributed by atoms with E-state index in [1.165, 1.54) is 12.8 Å². The maximum Gasteiger partial charge on any atom is 0.276 e. The molecule has 1 aromatic carbocycles. The van der Waals surface area contributed by atoms with Gasteiger partial charge in [0.2, 0.25) is 5.95 Å². The van der Waals surface area contributed by atoms with Gasteiger partial charge in [0, 0.05) is 62.7 Å². The van der Waals surface area contributed by atoms with E-state index in [9.17, 15) is 4.79 Å². The van der Waals surface area contributed by atoms with Crippen LogP contribution in [-0.4, -0.2) is 65.2 Å². The number of hydrogen-bond donors (Lipinski definition) is 0. The van der Waals surface area contributed by atoms with Gasteiger partial charge in [-0.2, -0.15) is 4.98 Å². The molecule has 0 bridgehead atoms. The Morgan fingerprint density at radius 2 is 1.65 bits per heavy atom. The van der Waals surface area contributed by atoms with Gasteiger partial charge in [0.15, 0.2) is 11.5 Å². The molecule has 5 rings (SSSR count). The number of anilines is 2. The maximum absolute atomic E-state index is 12.9. The number of hydrogen-bond acceptors (Lipinski definition) is 7. The fourth-order valence-corrected chi connectivity index (χ4v) is 4.17. The summed E-state index contributed by atoms with van der Waals surface area (Å²) < 4.78 is 5.40. The zero-order valence-electron chi connectivity index (χ0n) is 17.7. The summed E-state index contributed by atoms with van der Waals surface area (Å²) in [7, 11) is 0. The average Bonchev–Trinajstić information content (AvgIpc) is 3.52. The molecule has 3 aromatic rings. The SMILES string of the molecule is Cc1cc(N2CCN(C(=O)c3cc(-c4ccccc4)on3)CC2)nc(N2CCCC2)n1. The highest BCUT2D eigenvalue weighted by Gasteiger charge is 2.26. The minimum atomic E-state index is -0.0952. The van der Waals surface area contributed by atoms with E-state index < -0.39 is 0 Å². The monoisotopic (exact) mass is 418 g/mol. The lowest BCUT2D eigenvalue weighted by Gasteiger charge is -2.35. The van der Waals surface area contributed by atoms with Crippen LogP contribution >= 0.6 is 0 Å². The largest absolute Gasteiger partial charge is 0.355 e. The molecule has 2 saturated heterocycles. The number of aryl methyl sites for hydroxylation is 1. The van der Waals surface area contributed by atoms with E-state index in [2.05, 4.69) is 19.9 Å². The molecular formula is C23H26N6O2. The highest BCUT2D eigenvalue weighted by Crippen LogP contribution is 2.23. The minimum absolute atomic E-state index is 0.0952. The number of rotatable bonds is 4. The van der Waals surface area contributed by atoms with Gasteiger partial charge in [-0.15, -0.1) is 0 Å². The van der Waals surface area contributed by atoms with Gasteiger partial charge in [-0.05, 0) is 19.8 Å². The number of aromatic nitrogens is 3. The topological polar surface area (TPSA) is 78.6 Å². The van der Waals surface area contributed by atoms with Crippen molar-refractivity contribution in [1.82, 2.24) is 20.0 Å². The fraction of sp³-hybridized carbons (Fsp3) is 0.391. The van der Waals surface area contributed by atoms with Crippen LogP contribution in [0.2, 0.25) is 0 Å². The fourth-order valence-electron chi connectivity index (χ4n) is 4.17. The third-order valence-corrected chi connectivity index (χ3v) is 5.90. The average molecular weight is 419 g/mol. The van der Waals surface area contributed by atoms with Crippen molar-refractivity contribution in [3.8, 4) is 11.3 Å². The van der Waals surface area contributed by atoms with E-state index in [0.717, 1.165) is 49.2 Å². The first-order valence-corrected chi connectivity index (χ1v) is 10.8. The number of benzene rings is 1. The van der Waals surface area contributed by atoms with E-state index >= 15 is 0 Å². The quantitative estimate of drug-likeness (QED) is 0.644. The second kappa shape index (κ2) is 8.37. The summed E-state index contributed by atoms with van der Waals surface area (Å²) in [6, 6.07) is 13.4. The molecule has 0 radical (unpaired) electrons. The van der Waals surface area contributed by atoms with Crippen molar-refractivity contribution < 1.29 is 9.32 Å². The lowest BCUT2D eigenvalue weighted by atomic mass is 10.1. The van der Waals surface area contributed by atoms with Gasteiger partial charge < -0.3 is 19.2 Å². The second-order valence-corrected chi connectivity index (χ2v) is 8.08. The summed E-state index contributed by atoms with van der Waals surface area (Å²) in [6.45, 7) is 6.75. The van der Waals surface area contributed by atoms with E-state index in [1.807, 2.05) is 48.2 Å². The van der Waals surface area contributed by atoms with Crippen molar-refractivity contribution in [3.63, 3.8) is 0 Å².